The zero-order valence-electron chi connectivity index (χ0n) is 20.7. The van der Waals surface area contributed by atoms with Crippen LogP contribution in [-0.2, 0) is 14.4 Å². The standard InChI is InChI=1S/C26H24Cl2F3N3O5/c1-14(7-8-32-22(35)12-38-16-4-5-17(28)18(29)10-16)33-23(36)21-11-34(24(37)25(2)13-26(25,30)31)19-9-15(27)3-6-20(19)39-21/h3-6,9-10,21H,1,7-8,11-13H2,2H3,(H,32,35)(H,33,36). The molecule has 4 rings (SSSR count). The smallest absolute Gasteiger partial charge is 0.267 e. The van der Waals surface area contributed by atoms with Crippen LogP contribution in [0.25, 0.3) is 0 Å². The number of halogens is 5. The Morgan fingerprint density at radius 2 is 1.92 bits per heavy atom. The first kappa shape index (κ1) is 28.6. The van der Waals surface area contributed by atoms with Crippen LogP contribution in [0.4, 0.5) is 18.9 Å². The minimum Gasteiger partial charge on any atom is -0.484 e. The van der Waals surface area contributed by atoms with E-state index in [2.05, 4.69) is 17.2 Å². The van der Waals surface area contributed by atoms with Crippen LogP contribution < -0.4 is 25.0 Å². The van der Waals surface area contributed by atoms with Crippen LogP contribution in [0.3, 0.4) is 0 Å². The number of carbonyl (C=O) groups is 3. The van der Waals surface area contributed by atoms with Crippen LogP contribution in [-0.4, -0.2) is 49.4 Å². The molecule has 2 atom stereocenters. The van der Waals surface area contributed by atoms with Crippen molar-refractivity contribution < 1.29 is 37.0 Å². The molecule has 0 aromatic heterocycles. The second kappa shape index (κ2) is 11.0. The van der Waals surface area contributed by atoms with Gasteiger partial charge < -0.3 is 25.0 Å². The Bertz CT molecular complexity index is 1340. The molecule has 1 heterocycles. The van der Waals surface area contributed by atoms with Crippen molar-refractivity contribution in [1.82, 2.24) is 10.6 Å². The number of benzene rings is 2. The average molecular weight is 586 g/mol. The number of anilines is 1. The van der Waals surface area contributed by atoms with E-state index in [-0.39, 0.29) is 59.0 Å². The average Bonchev–Trinajstić information content (AvgIpc) is 3.41. The SMILES string of the molecule is C=C(CCNC(=O)COc1ccc(Cl)c(F)c1)NC(=O)C1CN(C(=O)C2(C)CC2(F)F)c2cc(Cl)ccc2O1. The maximum absolute atomic E-state index is 14.0. The number of hydrogen-bond donors (Lipinski definition) is 2. The highest BCUT2D eigenvalue weighted by Gasteiger charge is 2.73. The normalized spacial score (nSPS) is 20.8. The van der Waals surface area contributed by atoms with Crippen molar-refractivity contribution >= 4 is 46.6 Å². The van der Waals surface area contributed by atoms with Crippen molar-refractivity contribution in [3.63, 3.8) is 0 Å². The van der Waals surface area contributed by atoms with Gasteiger partial charge in [-0.25, -0.2) is 13.2 Å². The van der Waals surface area contributed by atoms with Gasteiger partial charge in [-0.05, 0) is 37.3 Å². The van der Waals surface area contributed by atoms with Crippen LogP contribution in [0.2, 0.25) is 10.0 Å². The molecule has 0 spiro atoms. The van der Waals surface area contributed by atoms with Gasteiger partial charge in [0.05, 0.1) is 17.3 Å². The Labute approximate surface area is 232 Å². The summed E-state index contributed by atoms with van der Waals surface area (Å²) in [6.45, 7) is 4.35. The molecule has 1 saturated carbocycles. The molecule has 1 aliphatic carbocycles. The summed E-state index contributed by atoms with van der Waals surface area (Å²) in [4.78, 5) is 39.1. The zero-order chi connectivity index (χ0) is 28.5. The van der Waals surface area contributed by atoms with E-state index in [9.17, 15) is 27.6 Å². The fourth-order valence-corrected chi connectivity index (χ4v) is 4.23. The fourth-order valence-electron chi connectivity index (χ4n) is 3.95. The summed E-state index contributed by atoms with van der Waals surface area (Å²) >= 11 is 11.6. The van der Waals surface area contributed by atoms with E-state index in [4.69, 9.17) is 32.7 Å². The van der Waals surface area contributed by atoms with E-state index in [0.717, 1.165) is 11.0 Å². The van der Waals surface area contributed by atoms with Gasteiger partial charge >= 0.3 is 0 Å². The van der Waals surface area contributed by atoms with Gasteiger partial charge in [-0.2, -0.15) is 0 Å². The predicted octanol–water partition coefficient (Wildman–Crippen LogP) is 4.49. The van der Waals surface area contributed by atoms with Crippen LogP contribution in [0, 0.1) is 11.2 Å². The summed E-state index contributed by atoms with van der Waals surface area (Å²) in [6, 6.07) is 8.14. The third kappa shape index (κ3) is 6.25. The van der Waals surface area contributed by atoms with Crippen LogP contribution in [0.15, 0.2) is 48.7 Å². The molecule has 2 aromatic rings. The van der Waals surface area contributed by atoms with Crippen molar-refractivity contribution in [2.45, 2.75) is 31.8 Å². The molecule has 2 N–H and O–H groups in total. The number of alkyl halides is 2. The molecule has 1 aliphatic heterocycles. The number of nitrogens with one attached hydrogen (secondary N) is 2. The van der Waals surface area contributed by atoms with E-state index < -0.39 is 47.4 Å². The van der Waals surface area contributed by atoms with E-state index in [1.54, 1.807) is 0 Å². The van der Waals surface area contributed by atoms with Gasteiger partial charge in [-0.15, -0.1) is 0 Å². The van der Waals surface area contributed by atoms with E-state index in [1.807, 2.05) is 0 Å². The van der Waals surface area contributed by atoms with Gasteiger partial charge in [0.25, 0.3) is 17.7 Å². The first-order chi connectivity index (χ1) is 18.3. The topological polar surface area (TPSA) is 97.0 Å². The van der Waals surface area contributed by atoms with Crippen molar-refractivity contribution in [2.24, 2.45) is 5.41 Å². The molecule has 0 bridgehead atoms. The molecule has 39 heavy (non-hydrogen) atoms. The highest BCUT2D eigenvalue weighted by atomic mass is 35.5. The minimum absolute atomic E-state index is 0.0716. The van der Waals surface area contributed by atoms with Gasteiger partial charge in [0.15, 0.2) is 12.7 Å². The van der Waals surface area contributed by atoms with Gasteiger partial charge in [0.1, 0.15) is 22.7 Å². The molecule has 0 saturated heterocycles. The number of fused-ring (bicyclic) bond motifs is 1. The molecule has 0 radical (unpaired) electrons. The first-order valence-corrected chi connectivity index (χ1v) is 12.6. The molecule has 2 aliphatic rings. The summed E-state index contributed by atoms with van der Waals surface area (Å²) in [7, 11) is 0. The Kier molecular flexibility index (Phi) is 8.04. The number of carbonyl (C=O) groups excluding carboxylic acids is 3. The molecule has 208 valence electrons. The lowest BCUT2D eigenvalue weighted by molar-refractivity contribution is -0.129. The van der Waals surface area contributed by atoms with Crippen molar-refractivity contribution in [1.29, 1.82) is 0 Å². The van der Waals surface area contributed by atoms with Gasteiger partial charge in [-0.1, -0.05) is 29.8 Å². The van der Waals surface area contributed by atoms with E-state index in [0.29, 0.717) is 0 Å². The molecule has 3 amide bonds. The van der Waals surface area contributed by atoms with E-state index >= 15 is 0 Å². The third-order valence-electron chi connectivity index (χ3n) is 6.41. The van der Waals surface area contributed by atoms with Crippen molar-refractivity contribution in [2.75, 3.05) is 24.6 Å². The molecule has 8 nitrogen and oxygen atoms in total. The van der Waals surface area contributed by atoms with Gasteiger partial charge in [-0.3, -0.25) is 14.4 Å². The largest absolute Gasteiger partial charge is 0.484 e. The first-order valence-electron chi connectivity index (χ1n) is 11.8. The monoisotopic (exact) mass is 585 g/mol. The lowest BCUT2D eigenvalue weighted by Gasteiger charge is -2.35. The molecule has 13 heteroatoms. The number of hydrogen-bond acceptors (Lipinski definition) is 5. The Balaban J connectivity index is 1.29. The minimum atomic E-state index is -3.15. The highest BCUT2D eigenvalue weighted by molar-refractivity contribution is 6.31. The zero-order valence-corrected chi connectivity index (χ0v) is 22.2. The lowest BCUT2D eigenvalue weighted by Crippen LogP contribution is -2.52. The summed E-state index contributed by atoms with van der Waals surface area (Å²) in [5.41, 5.74) is -1.44. The highest BCUT2D eigenvalue weighted by Crippen LogP contribution is 2.61. The summed E-state index contributed by atoms with van der Waals surface area (Å²) in [5.74, 6) is -5.52. The van der Waals surface area contributed by atoms with Crippen molar-refractivity contribution in [3.05, 3.63) is 64.5 Å². The quantitative estimate of drug-likeness (QED) is 0.452. The molecule has 2 aromatic carbocycles. The predicted molar refractivity (Wildman–Crippen MR) is 138 cm³/mol. The number of amides is 3. The van der Waals surface area contributed by atoms with Gasteiger partial charge in [0, 0.05) is 36.2 Å². The summed E-state index contributed by atoms with van der Waals surface area (Å²) < 4.78 is 52.3. The lowest BCUT2D eigenvalue weighted by atomic mass is 10.0. The van der Waals surface area contributed by atoms with Gasteiger partial charge in [0.2, 0.25) is 5.91 Å². The second-order valence-electron chi connectivity index (χ2n) is 9.40. The Morgan fingerprint density at radius 3 is 2.59 bits per heavy atom. The van der Waals surface area contributed by atoms with Crippen molar-refractivity contribution in [3.8, 4) is 11.5 Å². The second-order valence-corrected chi connectivity index (χ2v) is 10.2. The number of nitrogens with zero attached hydrogens (tertiary/aromatic N) is 1. The molecule has 1 fully saturated rings. The maximum Gasteiger partial charge on any atom is 0.267 e. The maximum atomic E-state index is 14.0. The number of rotatable bonds is 9. The van der Waals surface area contributed by atoms with E-state index in [1.165, 1.54) is 37.3 Å². The summed E-state index contributed by atoms with van der Waals surface area (Å²) in [5, 5.41) is 5.33. The number of ether oxygens (including phenoxy) is 2. The summed E-state index contributed by atoms with van der Waals surface area (Å²) in [6.07, 6.45) is -1.65. The van der Waals surface area contributed by atoms with Crippen LogP contribution >= 0.6 is 23.2 Å². The fraction of sp³-hybridized carbons (Fsp3) is 0.346. The molecule has 2 unspecified atom stereocenters. The molecular weight excluding hydrogens is 562 g/mol. The Morgan fingerprint density at radius 1 is 1.21 bits per heavy atom. The van der Waals surface area contributed by atoms with Crippen LogP contribution in [0.5, 0.6) is 11.5 Å². The molecular formula is C26H24Cl2F3N3O5. The Hall–Kier alpha value is -3.44. The third-order valence-corrected chi connectivity index (χ3v) is 6.95. The van der Waals surface area contributed by atoms with Crippen LogP contribution in [0.1, 0.15) is 19.8 Å².